The summed E-state index contributed by atoms with van der Waals surface area (Å²) in [6, 6.07) is 53.6. The van der Waals surface area contributed by atoms with Gasteiger partial charge in [0.25, 0.3) is 0 Å². The Balaban J connectivity index is 1.09. The molecule has 0 aliphatic carbocycles. The Labute approximate surface area is 306 Å². The summed E-state index contributed by atoms with van der Waals surface area (Å²) < 4.78 is 15.1. The fourth-order valence-corrected chi connectivity index (χ4v) is 8.52. The second-order valence-electron chi connectivity index (χ2n) is 13.0. The summed E-state index contributed by atoms with van der Waals surface area (Å²) >= 11 is 1.83. The van der Waals surface area contributed by atoms with E-state index in [1.54, 1.807) is 0 Å². The molecule has 6 nitrogen and oxygen atoms in total. The quantitative estimate of drug-likeness (QED) is 0.178. The number of hydrogen-bond acceptors (Lipinski definition) is 7. The summed E-state index contributed by atoms with van der Waals surface area (Å²) in [5, 5.41) is 4.39. The molecule has 7 heteroatoms. The SMILES string of the molecule is c1ccc(-c2nc(-c3cccc(-c4cccc5c4sc4ccccc45)c3)nc(-c3cccc4oc5ccc(-c6nc7ccccc7o6)cc5c34)n2)cc1. The molecule has 11 aromatic rings. The van der Waals surface area contributed by atoms with E-state index in [0.717, 1.165) is 60.9 Å². The third-order valence-electron chi connectivity index (χ3n) is 9.78. The molecule has 0 bridgehead atoms. The second-order valence-corrected chi connectivity index (χ2v) is 14.1. The number of aromatic nitrogens is 4. The van der Waals surface area contributed by atoms with E-state index in [1.165, 1.54) is 25.7 Å². The van der Waals surface area contributed by atoms with Gasteiger partial charge in [-0.3, -0.25) is 0 Å². The van der Waals surface area contributed by atoms with Crippen LogP contribution in [0.25, 0.3) is 110 Å². The second kappa shape index (κ2) is 11.8. The molecule has 4 heterocycles. The fraction of sp³-hybridized carbons (Fsp3) is 0. The van der Waals surface area contributed by atoms with Gasteiger partial charge in [-0.25, -0.2) is 19.9 Å². The molecule has 0 saturated carbocycles. The van der Waals surface area contributed by atoms with Crippen LogP contribution in [0.1, 0.15) is 0 Å². The third kappa shape index (κ3) is 4.93. The van der Waals surface area contributed by atoms with E-state index >= 15 is 0 Å². The van der Waals surface area contributed by atoms with E-state index in [2.05, 4.69) is 78.9 Å². The van der Waals surface area contributed by atoms with Crippen LogP contribution < -0.4 is 0 Å². The average molecular weight is 699 g/mol. The minimum atomic E-state index is 0.556. The zero-order valence-corrected chi connectivity index (χ0v) is 28.8. The Hall–Kier alpha value is -6.96. The smallest absolute Gasteiger partial charge is 0.227 e. The Morgan fingerprint density at radius 1 is 0.396 bits per heavy atom. The largest absolute Gasteiger partial charge is 0.456 e. The molecule has 0 amide bonds. The lowest BCUT2D eigenvalue weighted by molar-refractivity contribution is 0.620. The molecule has 0 radical (unpaired) electrons. The van der Waals surface area contributed by atoms with Gasteiger partial charge >= 0.3 is 0 Å². The number of rotatable bonds is 5. The lowest BCUT2D eigenvalue weighted by Gasteiger charge is -2.10. The number of nitrogens with zero attached hydrogens (tertiary/aromatic N) is 4. The van der Waals surface area contributed by atoms with E-state index in [-0.39, 0.29) is 0 Å². The highest BCUT2D eigenvalue weighted by molar-refractivity contribution is 7.26. The molecule has 0 N–H and O–H groups in total. The summed E-state index contributed by atoms with van der Waals surface area (Å²) in [4.78, 5) is 20.1. The number of benzene rings is 7. The van der Waals surface area contributed by atoms with Crippen LogP contribution in [0.3, 0.4) is 0 Å². The van der Waals surface area contributed by atoms with Gasteiger partial charge in [-0.2, -0.15) is 0 Å². The molecule has 0 aliphatic heterocycles. The number of oxazole rings is 1. The van der Waals surface area contributed by atoms with Crippen molar-refractivity contribution < 1.29 is 8.83 Å². The molecule has 0 unspecified atom stereocenters. The highest BCUT2D eigenvalue weighted by Crippen LogP contribution is 2.41. The van der Waals surface area contributed by atoms with Crippen LogP contribution in [0, 0.1) is 0 Å². The molecule has 248 valence electrons. The van der Waals surface area contributed by atoms with Gasteiger partial charge in [-0.1, -0.05) is 109 Å². The fourth-order valence-electron chi connectivity index (χ4n) is 7.28. The molecule has 0 spiro atoms. The Morgan fingerprint density at radius 3 is 2.02 bits per heavy atom. The van der Waals surface area contributed by atoms with Gasteiger partial charge in [0.15, 0.2) is 23.1 Å². The maximum absolute atomic E-state index is 6.39. The van der Waals surface area contributed by atoms with E-state index in [1.807, 2.05) is 90.2 Å². The molecule has 7 aromatic carbocycles. The number of thiophene rings is 1. The molecule has 4 aromatic heterocycles. The van der Waals surface area contributed by atoms with Crippen molar-refractivity contribution in [1.29, 1.82) is 0 Å². The van der Waals surface area contributed by atoms with Crippen LogP contribution in [-0.4, -0.2) is 19.9 Å². The minimum absolute atomic E-state index is 0.556. The first-order chi connectivity index (χ1) is 26.2. The van der Waals surface area contributed by atoms with E-state index < -0.39 is 0 Å². The van der Waals surface area contributed by atoms with Gasteiger partial charge in [-0.15, -0.1) is 11.3 Å². The molecule has 0 saturated heterocycles. The first-order valence-electron chi connectivity index (χ1n) is 17.4. The van der Waals surface area contributed by atoms with Crippen LogP contribution in [0.4, 0.5) is 0 Å². The van der Waals surface area contributed by atoms with Crippen LogP contribution in [0.2, 0.25) is 0 Å². The maximum atomic E-state index is 6.39. The number of hydrogen-bond donors (Lipinski definition) is 0. The number of para-hydroxylation sites is 2. The first kappa shape index (κ1) is 29.7. The summed E-state index contributed by atoms with van der Waals surface area (Å²) in [6.07, 6.45) is 0. The predicted octanol–water partition coefficient (Wildman–Crippen LogP) is 12.6. The molecule has 0 aliphatic rings. The van der Waals surface area contributed by atoms with Crippen molar-refractivity contribution in [3.63, 3.8) is 0 Å². The Kier molecular flexibility index (Phi) is 6.62. The normalized spacial score (nSPS) is 11.8. The third-order valence-corrected chi connectivity index (χ3v) is 11.0. The number of fused-ring (bicyclic) bond motifs is 7. The van der Waals surface area contributed by atoms with Crippen LogP contribution in [-0.2, 0) is 0 Å². The summed E-state index contributed by atoms with van der Waals surface area (Å²) in [5.41, 5.74) is 8.88. The van der Waals surface area contributed by atoms with E-state index in [0.29, 0.717) is 23.4 Å². The van der Waals surface area contributed by atoms with Crippen LogP contribution >= 0.6 is 11.3 Å². The topological polar surface area (TPSA) is 77.8 Å². The van der Waals surface area contributed by atoms with E-state index in [4.69, 9.17) is 28.8 Å². The van der Waals surface area contributed by atoms with Crippen molar-refractivity contribution in [1.82, 2.24) is 19.9 Å². The summed E-state index contributed by atoms with van der Waals surface area (Å²) in [5.74, 6) is 2.31. The highest BCUT2D eigenvalue weighted by Gasteiger charge is 2.20. The predicted molar refractivity (Wildman–Crippen MR) is 215 cm³/mol. The van der Waals surface area contributed by atoms with Gasteiger partial charge < -0.3 is 8.83 Å². The number of furan rings is 1. The van der Waals surface area contributed by atoms with Gasteiger partial charge in [0.2, 0.25) is 5.89 Å². The molecule has 0 fully saturated rings. The molecule has 53 heavy (non-hydrogen) atoms. The van der Waals surface area contributed by atoms with Crippen LogP contribution in [0.5, 0.6) is 0 Å². The van der Waals surface area contributed by atoms with Gasteiger partial charge in [0, 0.05) is 53.2 Å². The molecular weight excluding hydrogens is 673 g/mol. The monoisotopic (exact) mass is 698 g/mol. The van der Waals surface area contributed by atoms with Crippen molar-refractivity contribution >= 4 is 64.5 Å². The molecule has 0 atom stereocenters. The first-order valence-corrected chi connectivity index (χ1v) is 18.2. The van der Waals surface area contributed by atoms with E-state index in [9.17, 15) is 0 Å². The van der Waals surface area contributed by atoms with Crippen molar-refractivity contribution in [3.8, 4) is 56.7 Å². The lowest BCUT2D eigenvalue weighted by Crippen LogP contribution is -2.00. The lowest BCUT2D eigenvalue weighted by atomic mass is 10.0. The van der Waals surface area contributed by atoms with Gasteiger partial charge in [0.1, 0.15) is 16.7 Å². The van der Waals surface area contributed by atoms with Crippen molar-refractivity contribution in [3.05, 3.63) is 158 Å². The Morgan fingerprint density at radius 2 is 1.09 bits per heavy atom. The van der Waals surface area contributed by atoms with Gasteiger partial charge in [0.05, 0.1) is 0 Å². The van der Waals surface area contributed by atoms with Gasteiger partial charge in [-0.05, 0) is 59.7 Å². The Bertz CT molecular complexity index is 3160. The zero-order valence-electron chi connectivity index (χ0n) is 28.0. The minimum Gasteiger partial charge on any atom is -0.456 e. The maximum Gasteiger partial charge on any atom is 0.227 e. The molecule has 11 rings (SSSR count). The highest BCUT2D eigenvalue weighted by atomic mass is 32.1. The van der Waals surface area contributed by atoms with Crippen molar-refractivity contribution in [2.45, 2.75) is 0 Å². The van der Waals surface area contributed by atoms with Crippen LogP contribution in [0.15, 0.2) is 167 Å². The summed E-state index contributed by atoms with van der Waals surface area (Å²) in [7, 11) is 0. The summed E-state index contributed by atoms with van der Waals surface area (Å²) in [6.45, 7) is 0. The molecular formula is C46H26N4O2S. The zero-order chi connectivity index (χ0) is 34.9. The van der Waals surface area contributed by atoms with Crippen molar-refractivity contribution in [2.75, 3.05) is 0 Å². The van der Waals surface area contributed by atoms with Crippen molar-refractivity contribution in [2.24, 2.45) is 0 Å². The average Bonchev–Trinajstić information content (AvgIpc) is 3.94. The standard InChI is InChI=1S/C46H26N4O2S/c1-2-11-27(12-3-1)43-48-44(29-14-8-13-28(25-29)31-16-9-17-33-32-15-4-7-22-40(32)53-42(31)33)50-45(49-43)34-18-10-21-39-41(34)35-26-30(23-24-37(35)51-39)46-47-36-19-5-6-20-38(36)52-46/h1-26H.